The molecule has 8 heteroatoms. The molecule has 0 spiro atoms. The first-order valence-electron chi connectivity index (χ1n) is 11.6. The second-order valence-electron chi connectivity index (χ2n) is 9.74. The monoisotopic (exact) mass is 480 g/mol. The van der Waals surface area contributed by atoms with Crippen LogP contribution in [0, 0.1) is 11.6 Å². The number of rotatable bonds is 6. The van der Waals surface area contributed by atoms with E-state index >= 15 is 8.78 Å². The Balaban J connectivity index is 1.65. The van der Waals surface area contributed by atoms with Crippen molar-refractivity contribution < 1.29 is 18.3 Å². The first kappa shape index (κ1) is 24.6. The van der Waals surface area contributed by atoms with Crippen molar-refractivity contribution in [1.82, 2.24) is 14.9 Å². The zero-order valence-corrected chi connectivity index (χ0v) is 20.9. The summed E-state index contributed by atoms with van der Waals surface area (Å²) >= 11 is 0. The molecule has 1 N–H and O–H groups in total. The van der Waals surface area contributed by atoms with Crippen LogP contribution >= 0.6 is 0 Å². The van der Waals surface area contributed by atoms with E-state index in [9.17, 15) is 4.79 Å². The third-order valence-corrected chi connectivity index (χ3v) is 6.38. The molecule has 0 bridgehead atoms. The maximum atomic E-state index is 15.3. The number of hydrogen-bond donors (Lipinski definition) is 1. The average molecular weight is 481 g/mol. The maximum absolute atomic E-state index is 15.3. The second-order valence-corrected chi connectivity index (χ2v) is 9.74. The summed E-state index contributed by atoms with van der Waals surface area (Å²) in [7, 11) is 1.56. The molecule has 1 aliphatic heterocycles. The van der Waals surface area contributed by atoms with Gasteiger partial charge in [-0.05, 0) is 43.5 Å². The Morgan fingerprint density at radius 1 is 1.14 bits per heavy atom. The molecule has 3 heterocycles. The molecule has 1 aliphatic rings. The van der Waals surface area contributed by atoms with Gasteiger partial charge in [-0.25, -0.2) is 13.8 Å². The molecule has 35 heavy (non-hydrogen) atoms. The zero-order valence-electron chi connectivity index (χ0n) is 20.9. The number of nitrogens with zero attached hydrogens (tertiary/aromatic N) is 3. The van der Waals surface area contributed by atoms with E-state index in [4.69, 9.17) is 4.74 Å². The Labute approximate surface area is 204 Å². The highest BCUT2D eigenvalue weighted by atomic mass is 19.1. The Bertz CT molecular complexity index is 1290. The first-order valence-corrected chi connectivity index (χ1v) is 11.6. The van der Waals surface area contributed by atoms with Crippen LogP contribution in [0.4, 0.5) is 14.6 Å². The van der Waals surface area contributed by atoms with Gasteiger partial charge in [0.05, 0.1) is 31.6 Å². The minimum absolute atomic E-state index is 0.0520. The zero-order chi connectivity index (χ0) is 25.5. The lowest BCUT2D eigenvalue weighted by Gasteiger charge is -2.23. The van der Waals surface area contributed by atoms with E-state index in [2.05, 4.69) is 15.3 Å². The molecular formula is C27H30F2N4O2. The summed E-state index contributed by atoms with van der Waals surface area (Å²) < 4.78 is 35.9. The van der Waals surface area contributed by atoms with Crippen LogP contribution in [0.25, 0.3) is 11.3 Å². The maximum Gasteiger partial charge on any atom is 0.254 e. The minimum Gasteiger partial charge on any atom is -0.495 e. The summed E-state index contributed by atoms with van der Waals surface area (Å²) in [6, 6.07) is 5.21. The molecule has 0 saturated carbocycles. The van der Waals surface area contributed by atoms with Crippen molar-refractivity contribution in [2.75, 3.05) is 19.0 Å². The number of halogens is 2. The predicted molar refractivity (Wildman–Crippen MR) is 132 cm³/mol. The SMILES string of the molecule is CCN1Cc2c(ccnc2NC(C)c2cc(F)c(-c3cc(C(C)(C)C)c(OC)cn3)cc2F)C1=O. The highest BCUT2D eigenvalue weighted by Crippen LogP contribution is 2.36. The smallest absolute Gasteiger partial charge is 0.254 e. The number of carbonyl (C=O) groups excluding carboxylic acids is 1. The molecule has 6 nitrogen and oxygen atoms in total. The number of carbonyl (C=O) groups is 1. The molecule has 1 unspecified atom stereocenters. The molecule has 0 radical (unpaired) electrons. The fourth-order valence-electron chi connectivity index (χ4n) is 4.38. The molecule has 0 aliphatic carbocycles. The molecule has 1 atom stereocenters. The van der Waals surface area contributed by atoms with Crippen molar-refractivity contribution in [1.29, 1.82) is 0 Å². The van der Waals surface area contributed by atoms with Crippen molar-refractivity contribution in [3.05, 3.63) is 70.5 Å². The lowest BCUT2D eigenvalue weighted by Crippen LogP contribution is -2.22. The van der Waals surface area contributed by atoms with Gasteiger partial charge in [-0.3, -0.25) is 9.78 Å². The van der Waals surface area contributed by atoms with Crippen LogP contribution in [0.3, 0.4) is 0 Å². The quantitative estimate of drug-likeness (QED) is 0.477. The molecule has 4 rings (SSSR count). The van der Waals surface area contributed by atoms with Gasteiger partial charge in [0.2, 0.25) is 0 Å². The van der Waals surface area contributed by atoms with Gasteiger partial charge in [-0.2, -0.15) is 0 Å². The fourth-order valence-corrected chi connectivity index (χ4v) is 4.38. The van der Waals surface area contributed by atoms with E-state index in [1.807, 2.05) is 27.7 Å². The summed E-state index contributed by atoms with van der Waals surface area (Å²) in [6.45, 7) is 10.7. The molecule has 0 fully saturated rings. The van der Waals surface area contributed by atoms with Gasteiger partial charge in [-0.15, -0.1) is 0 Å². The first-order chi connectivity index (χ1) is 16.5. The Hall–Kier alpha value is -3.55. The molecule has 0 saturated heterocycles. The average Bonchev–Trinajstić information content (AvgIpc) is 3.16. The van der Waals surface area contributed by atoms with Crippen molar-refractivity contribution in [2.45, 2.75) is 52.6 Å². The third-order valence-electron chi connectivity index (χ3n) is 6.38. The fraction of sp³-hybridized carbons (Fsp3) is 0.370. The number of pyridine rings is 2. The van der Waals surface area contributed by atoms with Crippen LogP contribution in [0.15, 0.2) is 36.7 Å². The van der Waals surface area contributed by atoms with Crippen molar-refractivity contribution in [3.8, 4) is 17.0 Å². The topological polar surface area (TPSA) is 67.3 Å². The number of amides is 1. The van der Waals surface area contributed by atoms with E-state index < -0.39 is 17.7 Å². The van der Waals surface area contributed by atoms with Gasteiger partial charge in [0.25, 0.3) is 5.91 Å². The Morgan fingerprint density at radius 3 is 2.54 bits per heavy atom. The lowest BCUT2D eigenvalue weighted by molar-refractivity contribution is 0.0787. The molecule has 1 aromatic carbocycles. The van der Waals surface area contributed by atoms with Crippen LogP contribution in [0.5, 0.6) is 5.75 Å². The number of fused-ring (bicyclic) bond motifs is 1. The number of methoxy groups -OCH3 is 1. The van der Waals surface area contributed by atoms with Gasteiger partial charge in [0.15, 0.2) is 0 Å². The van der Waals surface area contributed by atoms with Gasteiger partial charge in [0.1, 0.15) is 23.2 Å². The van der Waals surface area contributed by atoms with Crippen molar-refractivity contribution in [3.63, 3.8) is 0 Å². The van der Waals surface area contributed by atoms with Crippen molar-refractivity contribution >= 4 is 11.7 Å². The van der Waals surface area contributed by atoms with Crippen LogP contribution in [0.1, 0.15) is 67.7 Å². The highest BCUT2D eigenvalue weighted by Gasteiger charge is 2.30. The van der Waals surface area contributed by atoms with Gasteiger partial charge < -0.3 is 15.0 Å². The number of hydrogen-bond acceptors (Lipinski definition) is 5. The molecule has 184 valence electrons. The standard InChI is InChI=1S/C27H30F2N4O2/c1-7-33-14-19-16(26(33)34)8-9-30-25(19)32-15(2)17-10-22(29)18(11-21(17)28)23-12-20(27(3,4)5)24(35-6)13-31-23/h8-13,15H,7,14H2,1-6H3,(H,30,32). The van der Waals surface area contributed by atoms with Crippen molar-refractivity contribution in [2.24, 2.45) is 0 Å². The summed E-state index contributed by atoms with van der Waals surface area (Å²) in [5, 5.41) is 3.17. The number of ether oxygens (including phenoxy) is 1. The third kappa shape index (κ3) is 4.57. The van der Waals surface area contributed by atoms with E-state index in [-0.39, 0.29) is 22.4 Å². The van der Waals surface area contributed by atoms with E-state index in [0.717, 1.165) is 11.1 Å². The molecule has 2 aromatic heterocycles. The number of aromatic nitrogens is 2. The summed E-state index contributed by atoms with van der Waals surface area (Å²) in [4.78, 5) is 22.9. The van der Waals surface area contributed by atoms with Crippen LogP contribution in [0.2, 0.25) is 0 Å². The normalized spacial score (nSPS) is 14.2. The van der Waals surface area contributed by atoms with Gasteiger partial charge in [-0.1, -0.05) is 20.8 Å². The molecule has 3 aromatic rings. The second kappa shape index (κ2) is 9.24. The number of nitrogens with one attached hydrogen (secondary N) is 1. The van der Waals surface area contributed by atoms with Gasteiger partial charge in [0, 0.05) is 40.6 Å². The van der Waals surface area contributed by atoms with Crippen LogP contribution in [-0.2, 0) is 12.0 Å². The Kier molecular flexibility index (Phi) is 6.49. The highest BCUT2D eigenvalue weighted by molar-refractivity contribution is 5.99. The van der Waals surface area contributed by atoms with E-state index in [1.165, 1.54) is 18.3 Å². The van der Waals surface area contributed by atoms with E-state index in [1.54, 1.807) is 37.3 Å². The largest absolute Gasteiger partial charge is 0.495 e. The van der Waals surface area contributed by atoms with Crippen LogP contribution in [-0.4, -0.2) is 34.4 Å². The molecule has 1 amide bonds. The minimum atomic E-state index is -0.586. The summed E-state index contributed by atoms with van der Waals surface area (Å²) in [5.41, 5.74) is 2.50. The van der Waals surface area contributed by atoms with Crippen LogP contribution < -0.4 is 10.1 Å². The summed E-state index contributed by atoms with van der Waals surface area (Å²) in [5.74, 6) is -0.0977. The number of benzene rings is 1. The number of anilines is 1. The lowest BCUT2D eigenvalue weighted by atomic mass is 9.86. The molecular weight excluding hydrogens is 450 g/mol. The van der Waals surface area contributed by atoms with E-state index in [0.29, 0.717) is 35.9 Å². The Morgan fingerprint density at radius 2 is 1.89 bits per heavy atom. The summed E-state index contributed by atoms with van der Waals surface area (Å²) in [6.07, 6.45) is 3.08. The predicted octanol–water partition coefficient (Wildman–Crippen LogP) is 5.88. The van der Waals surface area contributed by atoms with Gasteiger partial charge >= 0.3 is 0 Å².